The van der Waals surface area contributed by atoms with Crippen LogP contribution in [-0.4, -0.2) is 50.0 Å². The number of pyridine rings is 1. The Labute approximate surface area is 200 Å². The lowest BCUT2D eigenvalue weighted by Gasteiger charge is -2.35. The van der Waals surface area contributed by atoms with Crippen LogP contribution in [0.4, 0.5) is 4.39 Å². The molecule has 180 valence electrons. The summed E-state index contributed by atoms with van der Waals surface area (Å²) in [6.07, 6.45) is 2.06. The number of tetrazole rings is 1. The van der Waals surface area contributed by atoms with E-state index < -0.39 is 6.04 Å². The van der Waals surface area contributed by atoms with Gasteiger partial charge < -0.3 is 14.5 Å². The molecule has 0 aliphatic carbocycles. The Morgan fingerprint density at radius 2 is 1.86 bits per heavy atom. The molecule has 35 heavy (non-hydrogen) atoms. The summed E-state index contributed by atoms with van der Waals surface area (Å²) in [6.45, 7) is 4.43. The van der Waals surface area contributed by atoms with Crippen molar-refractivity contribution in [3.8, 4) is 11.5 Å². The van der Waals surface area contributed by atoms with E-state index in [0.29, 0.717) is 40.9 Å². The van der Waals surface area contributed by atoms with Crippen molar-refractivity contribution < 1.29 is 13.9 Å². The lowest BCUT2D eigenvalue weighted by atomic mass is 9.95. The van der Waals surface area contributed by atoms with Crippen LogP contribution >= 0.6 is 0 Å². The third-order valence-electron chi connectivity index (χ3n) is 6.89. The molecule has 1 saturated heterocycles. The van der Waals surface area contributed by atoms with Crippen molar-refractivity contribution in [2.75, 3.05) is 19.9 Å². The van der Waals surface area contributed by atoms with Gasteiger partial charge in [-0.25, -0.2) is 9.07 Å². The molecule has 0 radical (unpaired) electrons. The van der Waals surface area contributed by atoms with Gasteiger partial charge in [0.05, 0.1) is 12.1 Å². The van der Waals surface area contributed by atoms with Crippen molar-refractivity contribution in [1.82, 2.24) is 30.1 Å². The van der Waals surface area contributed by atoms with Gasteiger partial charge >= 0.3 is 0 Å². The number of aromatic amines is 1. The minimum absolute atomic E-state index is 0.162. The lowest BCUT2D eigenvalue weighted by Crippen LogP contribution is -2.40. The van der Waals surface area contributed by atoms with Crippen molar-refractivity contribution in [2.24, 2.45) is 5.92 Å². The fourth-order valence-electron chi connectivity index (χ4n) is 4.88. The molecule has 2 aliphatic heterocycles. The molecule has 0 unspecified atom stereocenters. The Kier molecular flexibility index (Phi) is 5.44. The molecule has 0 bridgehead atoms. The minimum Gasteiger partial charge on any atom is -0.454 e. The van der Waals surface area contributed by atoms with Gasteiger partial charge in [0.25, 0.3) is 5.56 Å². The number of halogens is 1. The van der Waals surface area contributed by atoms with Crippen LogP contribution in [0, 0.1) is 11.7 Å². The van der Waals surface area contributed by atoms with E-state index in [1.165, 1.54) is 12.1 Å². The highest BCUT2D eigenvalue weighted by Crippen LogP contribution is 2.37. The van der Waals surface area contributed by atoms with Crippen LogP contribution < -0.4 is 15.0 Å². The standard InChI is InChI=1S/C25H25FN6O3/c1-15-6-8-31(9-7-15)23(24-28-29-30-32(24)13-16-2-4-18(26)5-3-16)19-10-17-11-21-22(35-14-34-21)12-20(17)27-25(19)33/h2-5,10-12,15,23H,6-9,13-14H2,1H3,(H,27,33)/t23-/m0/s1. The molecular weight excluding hydrogens is 451 g/mol. The number of fused-ring (bicyclic) bond motifs is 2. The Morgan fingerprint density at radius 3 is 2.63 bits per heavy atom. The maximum Gasteiger partial charge on any atom is 0.253 e. The van der Waals surface area contributed by atoms with Gasteiger partial charge in [0.15, 0.2) is 17.3 Å². The zero-order valence-electron chi connectivity index (χ0n) is 19.3. The van der Waals surface area contributed by atoms with Crippen LogP contribution in [-0.2, 0) is 6.54 Å². The average molecular weight is 477 g/mol. The second-order valence-electron chi connectivity index (χ2n) is 9.29. The first-order chi connectivity index (χ1) is 17.0. The third-order valence-corrected chi connectivity index (χ3v) is 6.89. The molecule has 0 saturated carbocycles. The normalized spacial score (nSPS) is 17.2. The summed E-state index contributed by atoms with van der Waals surface area (Å²) in [4.78, 5) is 18.7. The van der Waals surface area contributed by atoms with E-state index in [1.54, 1.807) is 22.9 Å². The fraction of sp³-hybridized carbons (Fsp3) is 0.360. The molecule has 4 aromatic rings. The maximum atomic E-state index is 13.4. The molecule has 2 aromatic carbocycles. The number of likely N-dealkylation sites (tertiary alicyclic amines) is 1. The van der Waals surface area contributed by atoms with Crippen molar-refractivity contribution in [2.45, 2.75) is 32.4 Å². The van der Waals surface area contributed by atoms with Crippen LogP contribution in [0.3, 0.4) is 0 Å². The number of aromatic nitrogens is 5. The molecule has 9 nitrogen and oxygen atoms in total. The van der Waals surface area contributed by atoms with Crippen molar-refractivity contribution >= 4 is 10.9 Å². The van der Waals surface area contributed by atoms with E-state index in [0.717, 1.165) is 36.9 Å². The quantitative estimate of drug-likeness (QED) is 0.472. The molecule has 10 heteroatoms. The van der Waals surface area contributed by atoms with Crippen LogP contribution in [0.1, 0.15) is 42.8 Å². The predicted octanol–water partition coefficient (Wildman–Crippen LogP) is 3.25. The molecule has 2 aromatic heterocycles. The molecule has 0 amide bonds. The Balaban J connectivity index is 1.45. The molecule has 6 rings (SSSR count). The van der Waals surface area contributed by atoms with Crippen molar-refractivity contribution in [1.29, 1.82) is 0 Å². The Morgan fingerprint density at radius 1 is 1.11 bits per heavy atom. The highest BCUT2D eigenvalue weighted by Gasteiger charge is 2.32. The van der Waals surface area contributed by atoms with Gasteiger partial charge in [0.2, 0.25) is 6.79 Å². The molecule has 1 atom stereocenters. The SMILES string of the molecule is CC1CCN([C@@H](c2cc3cc4c(cc3[nH]c2=O)OCO4)c2nnnn2Cc2ccc(F)cc2)CC1. The number of benzene rings is 2. The van der Waals surface area contributed by atoms with Gasteiger partial charge in [-0.2, -0.15) is 0 Å². The topological polar surface area (TPSA) is 98.2 Å². The Hall–Kier alpha value is -3.79. The van der Waals surface area contributed by atoms with E-state index in [1.807, 2.05) is 12.1 Å². The molecular formula is C25H25FN6O3. The van der Waals surface area contributed by atoms with Crippen LogP contribution in [0.15, 0.2) is 47.3 Å². The van der Waals surface area contributed by atoms with E-state index in [-0.39, 0.29) is 18.2 Å². The van der Waals surface area contributed by atoms with Crippen LogP contribution in [0.5, 0.6) is 11.5 Å². The number of nitrogens with one attached hydrogen (secondary N) is 1. The summed E-state index contributed by atoms with van der Waals surface area (Å²) in [5.41, 5.74) is 1.92. The molecule has 0 spiro atoms. The van der Waals surface area contributed by atoms with Gasteiger partial charge in [-0.3, -0.25) is 9.69 Å². The second-order valence-corrected chi connectivity index (χ2v) is 9.29. The summed E-state index contributed by atoms with van der Waals surface area (Å²) < 4.78 is 26.1. The zero-order valence-corrected chi connectivity index (χ0v) is 19.3. The van der Waals surface area contributed by atoms with Crippen molar-refractivity contribution in [3.05, 3.63) is 75.6 Å². The maximum absolute atomic E-state index is 13.4. The largest absolute Gasteiger partial charge is 0.454 e. The average Bonchev–Trinajstić information content (AvgIpc) is 3.50. The summed E-state index contributed by atoms with van der Waals surface area (Å²) in [7, 11) is 0. The number of H-pyrrole nitrogens is 1. The van der Waals surface area contributed by atoms with Crippen LogP contribution in [0.2, 0.25) is 0 Å². The number of ether oxygens (including phenoxy) is 2. The molecule has 4 heterocycles. The first-order valence-corrected chi connectivity index (χ1v) is 11.8. The monoisotopic (exact) mass is 476 g/mol. The highest BCUT2D eigenvalue weighted by atomic mass is 19.1. The highest BCUT2D eigenvalue weighted by molar-refractivity contribution is 5.83. The summed E-state index contributed by atoms with van der Waals surface area (Å²) >= 11 is 0. The van der Waals surface area contributed by atoms with E-state index >= 15 is 0 Å². The predicted molar refractivity (Wildman–Crippen MR) is 126 cm³/mol. The molecule has 1 N–H and O–H groups in total. The first kappa shape index (κ1) is 21.7. The smallest absolute Gasteiger partial charge is 0.253 e. The lowest BCUT2D eigenvalue weighted by molar-refractivity contribution is 0.149. The molecule has 2 aliphatic rings. The second kappa shape index (κ2) is 8.77. The van der Waals surface area contributed by atoms with Crippen molar-refractivity contribution in [3.63, 3.8) is 0 Å². The van der Waals surface area contributed by atoms with Gasteiger partial charge in [0.1, 0.15) is 11.9 Å². The number of nitrogens with zero attached hydrogens (tertiary/aromatic N) is 5. The number of hydrogen-bond acceptors (Lipinski definition) is 7. The van der Waals surface area contributed by atoms with E-state index in [4.69, 9.17) is 9.47 Å². The summed E-state index contributed by atoms with van der Waals surface area (Å²) in [6, 6.07) is 11.4. The van der Waals surface area contributed by atoms with Gasteiger partial charge in [-0.1, -0.05) is 19.1 Å². The zero-order chi connectivity index (χ0) is 23.9. The number of hydrogen-bond donors (Lipinski definition) is 1. The van der Waals surface area contributed by atoms with Crippen LogP contribution in [0.25, 0.3) is 10.9 Å². The molecule has 1 fully saturated rings. The number of rotatable bonds is 5. The summed E-state index contributed by atoms with van der Waals surface area (Å²) in [5.74, 6) is 2.17. The van der Waals surface area contributed by atoms with Gasteiger partial charge in [-0.05, 0) is 72.1 Å². The van der Waals surface area contributed by atoms with Gasteiger partial charge in [-0.15, -0.1) is 5.10 Å². The fourth-order valence-corrected chi connectivity index (χ4v) is 4.88. The minimum atomic E-state index is -0.434. The third kappa shape index (κ3) is 4.14. The summed E-state index contributed by atoms with van der Waals surface area (Å²) in [5, 5.41) is 13.4. The van der Waals surface area contributed by atoms with Gasteiger partial charge in [0, 0.05) is 17.0 Å². The van der Waals surface area contributed by atoms with E-state index in [9.17, 15) is 9.18 Å². The van der Waals surface area contributed by atoms with E-state index in [2.05, 4.69) is 32.3 Å². The number of piperidine rings is 1. The Bertz CT molecular complexity index is 1430. The first-order valence-electron chi connectivity index (χ1n) is 11.8.